The molecule has 1 N–H and O–H groups in total. The maximum Gasteiger partial charge on any atom is 0.0568 e. The van der Waals surface area contributed by atoms with Gasteiger partial charge in [0.25, 0.3) is 0 Å². The zero-order valence-corrected chi connectivity index (χ0v) is 9.77. The fourth-order valence-electron chi connectivity index (χ4n) is 1.75. The van der Waals surface area contributed by atoms with E-state index in [1.165, 1.54) is 16.7 Å². The molecule has 2 rings (SSSR count). The van der Waals surface area contributed by atoms with E-state index in [1.807, 2.05) is 17.9 Å². The van der Waals surface area contributed by atoms with Crippen LogP contribution >= 0.6 is 0 Å². The Bertz CT molecular complexity index is 460. The molecule has 84 valence electrons. The summed E-state index contributed by atoms with van der Waals surface area (Å²) in [5.41, 5.74) is 3.74. The van der Waals surface area contributed by atoms with Crippen molar-refractivity contribution in [1.29, 1.82) is 0 Å². The van der Waals surface area contributed by atoms with Gasteiger partial charge >= 0.3 is 0 Å². The van der Waals surface area contributed by atoms with Crippen molar-refractivity contribution in [3.8, 4) is 11.1 Å². The van der Waals surface area contributed by atoms with Gasteiger partial charge in [-0.15, -0.1) is 0 Å². The predicted octanol–water partition coefficient (Wildman–Crippen LogP) is 2.08. The molecule has 1 heterocycles. The molecule has 0 aliphatic rings. The Kier molecular flexibility index (Phi) is 3.37. The minimum Gasteiger partial charge on any atom is -0.318 e. The van der Waals surface area contributed by atoms with E-state index in [1.54, 1.807) is 0 Å². The van der Waals surface area contributed by atoms with Crippen molar-refractivity contribution in [3.05, 3.63) is 42.2 Å². The van der Waals surface area contributed by atoms with E-state index >= 15 is 0 Å². The fourth-order valence-corrected chi connectivity index (χ4v) is 1.75. The third kappa shape index (κ3) is 2.31. The van der Waals surface area contributed by atoms with Gasteiger partial charge in [-0.2, -0.15) is 5.10 Å². The summed E-state index contributed by atoms with van der Waals surface area (Å²) in [6, 6.07) is 8.38. The number of aromatic nitrogens is 2. The van der Waals surface area contributed by atoms with Gasteiger partial charge in [0.05, 0.1) is 12.7 Å². The van der Waals surface area contributed by atoms with Crippen LogP contribution in [0, 0.1) is 6.92 Å². The molecule has 0 saturated heterocycles. The Hall–Kier alpha value is -1.61. The highest BCUT2D eigenvalue weighted by Gasteiger charge is 2.03. The SMILES string of the molecule is CNCCn1cc(-c2ccccc2C)cn1. The molecule has 0 amide bonds. The van der Waals surface area contributed by atoms with Crippen LogP contribution in [0.25, 0.3) is 11.1 Å². The predicted molar refractivity (Wildman–Crippen MR) is 66.3 cm³/mol. The second kappa shape index (κ2) is 4.94. The number of hydrogen-bond donors (Lipinski definition) is 1. The molecule has 2 aromatic rings. The molecule has 0 radical (unpaired) electrons. The van der Waals surface area contributed by atoms with Crippen LogP contribution in [0.3, 0.4) is 0 Å². The largest absolute Gasteiger partial charge is 0.318 e. The first kappa shape index (κ1) is 10.9. The van der Waals surface area contributed by atoms with Crippen LogP contribution in [-0.4, -0.2) is 23.4 Å². The fraction of sp³-hybridized carbons (Fsp3) is 0.308. The number of nitrogens with one attached hydrogen (secondary N) is 1. The highest BCUT2D eigenvalue weighted by atomic mass is 15.3. The number of rotatable bonds is 4. The summed E-state index contributed by atoms with van der Waals surface area (Å²) in [6.45, 7) is 3.97. The van der Waals surface area contributed by atoms with E-state index in [-0.39, 0.29) is 0 Å². The Balaban J connectivity index is 2.22. The molecule has 1 aromatic carbocycles. The number of aryl methyl sites for hydroxylation is 1. The maximum atomic E-state index is 4.35. The summed E-state index contributed by atoms with van der Waals surface area (Å²) in [5.74, 6) is 0. The molecule has 1 aromatic heterocycles. The molecule has 0 bridgehead atoms. The van der Waals surface area contributed by atoms with Crippen molar-refractivity contribution in [2.45, 2.75) is 13.5 Å². The van der Waals surface area contributed by atoms with Crippen molar-refractivity contribution in [2.24, 2.45) is 0 Å². The van der Waals surface area contributed by atoms with Crippen LogP contribution < -0.4 is 5.32 Å². The first-order valence-electron chi connectivity index (χ1n) is 5.54. The molecule has 0 fully saturated rings. The minimum absolute atomic E-state index is 0.905. The van der Waals surface area contributed by atoms with Crippen LogP contribution in [0.2, 0.25) is 0 Å². The highest BCUT2D eigenvalue weighted by molar-refractivity contribution is 5.65. The topological polar surface area (TPSA) is 29.9 Å². The molecule has 3 nitrogen and oxygen atoms in total. The van der Waals surface area contributed by atoms with Crippen molar-refractivity contribution < 1.29 is 0 Å². The summed E-state index contributed by atoms with van der Waals surface area (Å²) >= 11 is 0. The lowest BCUT2D eigenvalue weighted by Crippen LogP contribution is -2.14. The first-order valence-corrected chi connectivity index (χ1v) is 5.54. The van der Waals surface area contributed by atoms with Crippen LogP contribution in [0.5, 0.6) is 0 Å². The normalized spacial score (nSPS) is 10.6. The average molecular weight is 215 g/mol. The van der Waals surface area contributed by atoms with E-state index < -0.39 is 0 Å². The van der Waals surface area contributed by atoms with Crippen LogP contribution in [0.4, 0.5) is 0 Å². The molecule has 0 saturated carbocycles. The Morgan fingerprint density at radius 1 is 1.31 bits per heavy atom. The first-order chi connectivity index (χ1) is 7.81. The van der Waals surface area contributed by atoms with Gasteiger partial charge in [0.2, 0.25) is 0 Å². The maximum absolute atomic E-state index is 4.35. The summed E-state index contributed by atoms with van der Waals surface area (Å²) in [7, 11) is 1.95. The van der Waals surface area contributed by atoms with E-state index in [4.69, 9.17) is 0 Å². The van der Waals surface area contributed by atoms with Crippen LogP contribution in [0.15, 0.2) is 36.7 Å². The van der Waals surface area contributed by atoms with Gasteiger partial charge in [-0.05, 0) is 25.1 Å². The zero-order valence-electron chi connectivity index (χ0n) is 9.77. The molecule has 0 spiro atoms. The minimum atomic E-state index is 0.905. The summed E-state index contributed by atoms with van der Waals surface area (Å²) in [5, 5.41) is 7.46. The Morgan fingerprint density at radius 2 is 2.12 bits per heavy atom. The lowest BCUT2D eigenvalue weighted by Gasteiger charge is -2.02. The van der Waals surface area contributed by atoms with Crippen molar-refractivity contribution in [1.82, 2.24) is 15.1 Å². The number of hydrogen-bond acceptors (Lipinski definition) is 2. The average Bonchev–Trinajstić information content (AvgIpc) is 2.75. The van der Waals surface area contributed by atoms with Gasteiger partial charge in [-0.3, -0.25) is 4.68 Å². The molecular weight excluding hydrogens is 198 g/mol. The van der Waals surface area contributed by atoms with Crippen LogP contribution in [0.1, 0.15) is 5.56 Å². The Morgan fingerprint density at radius 3 is 2.88 bits per heavy atom. The molecule has 3 heteroatoms. The zero-order chi connectivity index (χ0) is 11.4. The van der Waals surface area contributed by atoms with Gasteiger partial charge in [0.1, 0.15) is 0 Å². The van der Waals surface area contributed by atoms with Gasteiger partial charge in [-0.1, -0.05) is 24.3 Å². The number of nitrogens with zero attached hydrogens (tertiary/aromatic N) is 2. The molecular formula is C13H17N3. The van der Waals surface area contributed by atoms with Crippen LogP contribution in [-0.2, 0) is 6.54 Å². The molecule has 16 heavy (non-hydrogen) atoms. The summed E-state index contributed by atoms with van der Waals surface area (Å²) in [6.07, 6.45) is 4.03. The molecule has 0 aliphatic carbocycles. The van der Waals surface area contributed by atoms with E-state index in [0.29, 0.717) is 0 Å². The molecule has 0 unspecified atom stereocenters. The van der Waals surface area contributed by atoms with Crippen molar-refractivity contribution in [2.75, 3.05) is 13.6 Å². The lowest BCUT2D eigenvalue weighted by atomic mass is 10.0. The summed E-state index contributed by atoms with van der Waals surface area (Å²) < 4.78 is 1.97. The van der Waals surface area contributed by atoms with Gasteiger partial charge in [-0.25, -0.2) is 0 Å². The smallest absolute Gasteiger partial charge is 0.0568 e. The quantitative estimate of drug-likeness (QED) is 0.846. The highest BCUT2D eigenvalue weighted by Crippen LogP contribution is 2.21. The molecule has 0 aliphatic heterocycles. The monoisotopic (exact) mass is 215 g/mol. The summed E-state index contributed by atoms with van der Waals surface area (Å²) in [4.78, 5) is 0. The second-order valence-corrected chi connectivity index (χ2v) is 3.91. The second-order valence-electron chi connectivity index (χ2n) is 3.91. The van der Waals surface area contributed by atoms with E-state index in [2.05, 4.69) is 47.8 Å². The van der Waals surface area contributed by atoms with E-state index in [9.17, 15) is 0 Å². The Labute approximate surface area is 96.1 Å². The third-order valence-corrected chi connectivity index (χ3v) is 2.68. The van der Waals surface area contributed by atoms with Gasteiger partial charge < -0.3 is 5.32 Å². The molecule has 0 atom stereocenters. The lowest BCUT2D eigenvalue weighted by molar-refractivity contribution is 0.585. The van der Waals surface area contributed by atoms with Crippen molar-refractivity contribution >= 4 is 0 Å². The van der Waals surface area contributed by atoms with Gasteiger partial charge in [0, 0.05) is 18.3 Å². The number of likely N-dealkylation sites (N-methyl/N-ethyl adjacent to an activating group) is 1. The van der Waals surface area contributed by atoms with Crippen molar-refractivity contribution in [3.63, 3.8) is 0 Å². The standard InChI is InChI=1S/C13H17N3/c1-11-5-3-4-6-13(11)12-9-15-16(10-12)8-7-14-2/h3-6,9-10,14H,7-8H2,1-2H3. The number of benzene rings is 1. The van der Waals surface area contributed by atoms with Gasteiger partial charge in [0.15, 0.2) is 0 Å². The van der Waals surface area contributed by atoms with E-state index in [0.717, 1.165) is 13.1 Å². The third-order valence-electron chi connectivity index (χ3n) is 2.68.